The van der Waals surface area contributed by atoms with Gasteiger partial charge in [0.05, 0.1) is 18.9 Å². The number of carboxylic acid groups (broad SMARTS) is 2. The molecule has 0 amide bonds. The summed E-state index contributed by atoms with van der Waals surface area (Å²) in [4.78, 5) is 35.5. The van der Waals surface area contributed by atoms with Crippen LogP contribution in [0.4, 0.5) is 0 Å². The van der Waals surface area contributed by atoms with Crippen LogP contribution >= 0.6 is 0 Å². The van der Waals surface area contributed by atoms with E-state index in [1.807, 2.05) is 6.92 Å². The third-order valence-corrected chi connectivity index (χ3v) is 5.38. The number of carboxylic acids is 2. The predicted octanol–water partition coefficient (Wildman–Crippen LogP) is 4.43. The molecule has 2 unspecified atom stereocenters. The molecule has 0 radical (unpaired) electrons. The monoisotopic (exact) mass is 382 g/mol. The molecule has 2 atom stereocenters. The molecule has 6 heteroatoms. The van der Waals surface area contributed by atoms with E-state index >= 15 is 0 Å². The summed E-state index contributed by atoms with van der Waals surface area (Å²) in [6.07, 6.45) is 9.98. The van der Waals surface area contributed by atoms with Crippen LogP contribution in [0.3, 0.4) is 0 Å². The van der Waals surface area contributed by atoms with Gasteiger partial charge in [-0.15, -0.1) is 0 Å². The van der Waals surface area contributed by atoms with E-state index in [4.69, 9.17) is 4.74 Å². The molecule has 0 aromatic carbocycles. The van der Waals surface area contributed by atoms with Gasteiger partial charge in [-0.1, -0.05) is 58.4 Å². The molecular weight excluding hydrogens is 348 g/mol. The van der Waals surface area contributed by atoms with Gasteiger partial charge < -0.3 is 14.9 Å². The average Bonchev–Trinajstić information content (AvgIpc) is 2.65. The topological polar surface area (TPSA) is 101 Å². The highest BCUT2D eigenvalue weighted by Crippen LogP contribution is 2.28. The normalized spacial score (nSPS) is 17.9. The summed E-state index contributed by atoms with van der Waals surface area (Å²) in [6.45, 7) is 4.39. The number of hydrogen-bond donors (Lipinski definition) is 2. The highest BCUT2D eigenvalue weighted by molar-refractivity contribution is 5.95. The van der Waals surface area contributed by atoms with Crippen molar-refractivity contribution in [1.29, 1.82) is 0 Å². The number of esters is 1. The lowest BCUT2D eigenvalue weighted by Gasteiger charge is -2.21. The highest BCUT2D eigenvalue weighted by Gasteiger charge is 2.31. The molecule has 0 aromatic heterocycles. The van der Waals surface area contributed by atoms with E-state index in [0.29, 0.717) is 0 Å². The Labute approximate surface area is 162 Å². The Balaban J connectivity index is 2.74. The molecule has 0 aliphatic heterocycles. The van der Waals surface area contributed by atoms with Crippen LogP contribution in [-0.2, 0) is 19.1 Å². The molecule has 1 aliphatic carbocycles. The number of rotatable bonds is 12. The molecule has 6 nitrogen and oxygen atoms in total. The summed E-state index contributed by atoms with van der Waals surface area (Å²) in [5, 5.41) is 19.0. The number of aliphatic carboxylic acids is 2. The molecular formula is C21H34O6. The van der Waals surface area contributed by atoms with Crippen LogP contribution in [0.15, 0.2) is 11.6 Å². The van der Waals surface area contributed by atoms with Gasteiger partial charge >= 0.3 is 17.9 Å². The standard InChI is InChI=1S/C21H34O6/c1-3-5-9-15(4-2)14-27-19(22)13-18(21(25)26)17(20(23)24)12-16-10-7-6-8-11-16/h12,15-16,18H,3-11,13-14H2,1-2H3,(H,23,24)(H,25,26). The van der Waals surface area contributed by atoms with Crippen molar-refractivity contribution >= 4 is 17.9 Å². The number of ether oxygens (including phenoxy) is 1. The summed E-state index contributed by atoms with van der Waals surface area (Å²) in [7, 11) is 0. The predicted molar refractivity (Wildman–Crippen MR) is 102 cm³/mol. The second-order valence-electron chi connectivity index (χ2n) is 7.52. The molecule has 0 saturated heterocycles. The second-order valence-corrected chi connectivity index (χ2v) is 7.52. The van der Waals surface area contributed by atoms with Gasteiger partial charge in [0.15, 0.2) is 0 Å². The Kier molecular flexibility index (Phi) is 10.8. The molecule has 1 rings (SSSR count). The average molecular weight is 382 g/mol. The van der Waals surface area contributed by atoms with Crippen molar-refractivity contribution in [3.63, 3.8) is 0 Å². The molecule has 1 aliphatic rings. The van der Waals surface area contributed by atoms with Gasteiger partial charge in [-0.25, -0.2) is 4.79 Å². The zero-order valence-electron chi connectivity index (χ0n) is 16.6. The zero-order chi connectivity index (χ0) is 20.2. The van der Waals surface area contributed by atoms with Crippen molar-refractivity contribution in [2.45, 2.75) is 78.1 Å². The summed E-state index contributed by atoms with van der Waals surface area (Å²) in [5.41, 5.74) is -0.190. The van der Waals surface area contributed by atoms with Crippen LogP contribution in [0, 0.1) is 17.8 Å². The van der Waals surface area contributed by atoms with E-state index in [1.54, 1.807) is 6.08 Å². The van der Waals surface area contributed by atoms with Gasteiger partial charge in [-0.05, 0) is 31.1 Å². The molecule has 1 saturated carbocycles. The van der Waals surface area contributed by atoms with E-state index in [2.05, 4.69) is 6.92 Å². The minimum Gasteiger partial charge on any atom is -0.481 e. The smallest absolute Gasteiger partial charge is 0.332 e. The molecule has 0 aromatic rings. The van der Waals surface area contributed by atoms with Crippen molar-refractivity contribution in [3.05, 3.63) is 11.6 Å². The van der Waals surface area contributed by atoms with Gasteiger partial charge in [0.1, 0.15) is 0 Å². The van der Waals surface area contributed by atoms with Crippen LogP contribution in [-0.4, -0.2) is 34.7 Å². The highest BCUT2D eigenvalue weighted by atomic mass is 16.5. The largest absolute Gasteiger partial charge is 0.481 e. The Morgan fingerprint density at radius 3 is 2.30 bits per heavy atom. The van der Waals surface area contributed by atoms with Gasteiger partial charge in [0.2, 0.25) is 0 Å². The first-order valence-corrected chi connectivity index (χ1v) is 10.2. The third kappa shape index (κ3) is 8.59. The maximum atomic E-state index is 12.2. The first-order valence-electron chi connectivity index (χ1n) is 10.2. The van der Waals surface area contributed by atoms with Crippen molar-refractivity contribution in [2.75, 3.05) is 6.61 Å². The Morgan fingerprint density at radius 2 is 1.78 bits per heavy atom. The fourth-order valence-electron chi connectivity index (χ4n) is 3.56. The molecule has 27 heavy (non-hydrogen) atoms. The number of carbonyl (C=O) groups excluding carboxylic acids is 1. The molecule has 0 heterocycles. The van der Waals surface area contributed by atoms with Gasteiger partial charge in [0, 0.05) is 5.57 Å². The minimum atomic E-state index is -1.37. The lowest BCUT2D eigenvalue weighted by Crippen LogP contribution is -2.27. The first kappa shape index (κ1) is 23.2. The summed E-state index contributed by atoms with van der Waals surface area (Å²) >= 11 is 0. The zero-order valence-corrected chi connectivity index (χ0v) is 16.6. The molecule has 0 bridgehead atoms. The summed E-state index contributed by atoms with van der Waals surface area (Å²) in [6, 6.07) is 0. The van der Waals surface area contributed by atoms with E-state index in [0.717, 1.165) is 57.8 Å². The first-order chi connectivity index (χ1) is 12.9. The van der Waals surface area contributed by atoms with Crippen LogP contribution in [0.1, 0.15) is 78.1 Å². The fraction of sp³-hybridized carbons (Fsp3) is 0.762. The Morgan fingerprint density at radius 1 is 1.11 bits per heavy atom. The SMILES string of the molecule is CCCCC(CC)COC(=O)CC(C(=O)O)C(=CC1CCCCC1)C(=O)O. The number of hydrogen-bond acceptors (Lipinski definition) is 4. The lowest BCUT2D eigenvalue weighted by atomic mass is 9.85. The van der Waals surface area contributed by atoms with Crippen molar-refractivity contribution in [2.24, 2.45) is 17.8 Å². The van der Waals surface area contributed by atoms with Crippen LogP contribution in [0.5, 0.6) is 0 Å². The van der Waals surface area contributed by atoms with Gasteiger partial charge in [-0.3, -0.25) is 9.59 Å². The molecule has 1 fully saturated rings. The van der Waals surface area contributed by atoms with Crippen LogP contribution < -0.4 is 0 Å². The minimum absolute atomic E-state index is 0.0706. The number of unbranched alkanes of at least 4 members (excludes halogenated alkanes) is 1. The van der Waals surface area contributed by atoms with E-state index < -0.39 is 30.2 Å². The molecule has 0 spiro atoms. The van der Waals surface area contributed by atoms with E-state index in [9.17, 15) is 24.6 Å². The summed E-state index contributed by atoms with van der Waals surface area (Å²) in [5.74, 6) is -4.25. The molecule has 154 valence electrons. The van der Waals surface area contributed by atoms with Crippen molar-refractivity contribution < 1.29 is 29.3 Å². The maximum Gasteiger partial charge on any atom is 0.332 e. The number of allylic oxidation sites excluding steroid dienone is 1. The van der Waals surface area contributed by atoms with Gasteiger partial charge in [-0.2, -0.15) is 0 Å². The number of carbonyl (C=O) groups is 3. The lowest BCUT2D eigenvalue weighted by molar-refractivity contribution is -0.152. The van der Waals surface area contributed by atoms with E-state index in [-0.39, 0.29) is 24.0 Å². The third-order valence-electron chi connectivity index (χ3n) is 5.38. The molecule has 2 N–H and O–H groups in total. The van der Waals surface area contributed by atoms with Crippen molar-refractivity contribution in [1.82, 2.24) is 0 Å². The van der Waals surface area contributed by atoms with Gasteiger partial charge in [0.25, 0.3) is 0 Å². The summed E-state index contributed by atoms with van der Waals surface area (Å²) < 4.78 is 5.27. The second kappa shape index (κ2) is 12.5. The quantitative estimate of drug-likeness (QED) is 0.382. The van der Waals surface area contributed by atoms with Crippen LogP contribution in [0.2, 0.25) is 0 Å². The van der Waals surface area contributed by atoms with Crippen molar-refractivity contribution in [3.8, 4) is 0 Å². The fourth-order valence-corrected chi connectivity index (χ4v) is 3.56. The van der Waals surface area contributed by atoms with Crippen LogP contribution in [0.25, 0.3) is 0 Å². The Bertz CT molecular complexity index is 519. The van der Waals surface area contributed by atoms with E-state index in [1.165, 1.54) is 0 Å². The maximum absolute atomic E-state index is 12.2. The Hall–Kier alpha value is -1.85.